The number of carbonyl (C=O) groups excluding carboxylic acids is 1. The van der Waals surface area contributed by atoms with Gasteiger partial charge in [0.1, 0.15) is 11.8 Å². The van der Waals surface area contributed by atoms with E-state index in [9.17, 15) is 36.3 Å². The van der Waals surface area contributed by atoms with E-state index in [0.29, 0.717) is 0 Å². The topological polar surface area (TPSA) is 101 Å². The summed E-state index contributed by atoms with van der Waals surface area (Å²) in [5, 5.41) is 7.85. The minimum atomic E-state index is -4.57. The molecular weight excluding hydrogens is 451 g/mol. The maximum atomic E-state index is 13.0. The van der Waals surface area contributed by atoms with Gasteiger partial charge in [-0.1, -0.05) is 32.4 Å². The SMILES string of the molecule is CC(C)(C)C(=O)N1C[C@H](S(=O)(=O)c2ccc(OCC(F)(F)F)cc2Cl)C[C@H]1C(=O)O. The highest BCUT2D eigenvalue weighted by Crippen LogP contribution is 2.35. The van der Waals surface area contributed by atoms with Crippen molar-refractivity contribution in [1.29, 1.82) is 0 Å². The maximum absolute atomic E-state index is 13.0. The standard InChI is InChI=1S/C18H21ClF3NO6S/c1-17(2,3)16(26)23-8-11(7-13(23)15(24)25)30(27,28)14-5-4-10(6-12(14)19)29-9-18(20,21)22/h4-6,11,13H,7-9H2,1-3H3,(H,24,25)/t11-,13+/m1/s1. The second-order valence-corrected chi connectivity index (χ2v) is 10.6. The van der Waals surface area contributed by atoms with Crippen molar-refractivity contribution in [3.8, 4) is 5.75 Å². The Morgan fingerprint density at radius 3 is 2.33 bits per heavy atom. The number of amides is 1. The average molecular weight is 472 g/mol. The van der Waals surface area contributed by atoms with Gasteiger partial charge in [0.05, 0.1) is 15.2 Å². The Balaban J connectivity index is 2.30. The van der Waals surface area contributed by atoms with Crippen LogP contribution in [0.2, 0.25) is 5.02 Å². The van der Waals surface area contributed by atoms with Gasteiger partial charge in [0.25, 0.3) is 0 Å². The van der Waals surface area contributed by atoms with E-state index in [4.69, 9.17) is 11.6 Å². The van der Waals surface area contributed by atoms with Gasteiger partial charge >= 0.3 is 12.1 Å². The molecule has 0 aromatic heterocycles. The summed E-state index contributed by atoms with van der Waals surface area (Å²) in [5.41, 5.74) is -0.915. The number of carboxylic acids is 1. The van der Waals surface area contributed by atoms with E-state index in [-0.39, 0.29) is 28.6 Å². The van der Waals surface area contributed by atoms with Crippen LogP contribution in [-0.2, 0) is 19.4 Å². The highest BCUT2D eigenvalue weighted by Gasteiger charge is 2.47. The molecule has 1 amide bonds. The Kier molecular flexibility index (Phi) is 6.68. The van der Waals surface area contributed by atoms with Crippen LogP contribution in [-0.4, -0.2) is 60.9 Å². The molecule has 0 spiro atoms. The number of hydrogen-bond donors (Lipinski definition) is 1. The molecule has 1 aromatic carbocycles. The van der Waals surface area contributed by atoms with Crippen molar-refractivity contribution in [1.82, 2.24) is 4.90 Å². The number of sulfone groups is 1. The number of halogens is 4. The fraction of sp³-hybridized carbons (Fsp3) is 0.556. The lowest BCUT2D eigenvalue weighted by atomic mass is 9.94. The van der Waals surface area contributed by atoms with Crippen LogP contribution < -0.4 is 4.74 Å². The van der Waals surface area contributed by atoms with Crippen molar-refractivity contribution in [2.45, 2.75) is 49.6 Å². The van der Waals surface area contributed by atoms with Crippen LogP contribution in [0.15, 0.2) is 23.1 Å². The fourth-order valence-corrected chi connectivity index (χ4v) is 5.29. The molecular formula is C18H21ClF3NO6S. The Morgan fingerprint density at radius 2 is 1.87 bits per heavy atom. The van der Waals surface area contributed by atoms with Crippen molar-refractivity contribution in [3.05, 3.63) is 23.2 Å². The molecule has 2 rings (SSSR count). The third kappa shape index (κ3) is 5.37. The van der Waals surface area contributed by atoms with E-state index in [0.717, 1.165) is 23.1 Å². The first-order valence-corrected chi connectivity index (χ1v) is 10.7. The normalized spacial score (nSPS) is 20.3. The van der Waals surface area contributed by atoms with Crippen LogP contribution in [0.4, 0.5) is 13.2 Å². The van der Waals surface area contributed by atoms with E-state index in [1.807, 2.05) is 0 Å². The van der Waals surface area contributed by atoms with Crippen molar-refractivity contribution in [3.63, 3.8) is 0 Å². The molecule has 1 aliphatic heterocycles. The van der Waals surface area contributed by atoms with E-state index in [2.05, 4.69) is 4.74 Å². The predicted octanol–water partition coefficient (Wildman–Crippen LogP) is 3.16. The summed E-state index contributed by atoms with van der Waals surface area (Å²) in [4.78, 5) is 24.8. The van der Waals surface area contributed by atoms with E-state index in [1.165, 1.54) is 0 Å². The number of alkyl halides is 3. The third-order valence-electron chi connectivity index (χ3n) is 4.50. The predicted molar refractivity (Wildman–Crippen MR) is 101 cm³/mol. The van der Waals surface area contributed by atoms with Crippen LogP contribution in [0.3, 0.4) is 0 Å². The molecule has 0 unspecified atom stereocenters. The van der Waals surface area contributed by atoms with Crippen LogP contribution in [0.1, 0.15) is 27.2 Å². The van der Waals surface area contributed by atoms with E-state index >= 15 is 0 Å². The number of hydrogen-bond acceptors (Lipinski definition) is 5. The molecule has 7 nitrogen and oxygen atoms in total. The van der Waals surface area contributed by atoms with Crippen molar-refractivity contribution in [2.24, 2.45) is 5.41 Å². The van der Waals surface area contributed by atoms with Gasteiger partial charge in [-0.15, -0.1) is 0 Å². The molecule has 2 atom stereocenters. The van der Waals surface area contributed by atoms with E-state index in [1.54, 1.807) is 20.8 Å². The highest BCUT2D eigenvalue weighted by molar-refractivity contribution is 7.92. The summed E-state index contributed by atoms with van der Waals surface area (Å²) in [6.45, 7) is 2.87. The zero-order valence-electron chi connectivity index (χ0n) is 16.4. The second-order valence-electron chi connectivity index (χ2n) is 7.96. The summed E-state index contributed by atoms with van der Waals surface area (Å²) < 4.78 is 67.4. The molecule has 12 heteroatoms. The molecule has 1 saturated heterocycles. The van der Waals surface area contributed by atoms with Gasteiger partial charge in [-0.3, -0.25) is 4.79 Å². The number of aliphatic carboxylic acids is 1. The van der Waals surface area contributed by atoms with Gasteiger partial charge in [-0.25, -0.2) is 13.2 Å². The van der Waals surface area contributed by atoms with Crippen molar-refractivity contribution < 1.29 is 41.0 Å². The van der Waals surface area contributed by atoms with Crippen LogP contribution in [0.5, 0.6) is 5.75 Å². The number of benzene rings is 1. The lowest BCUT2D eigenvalue weighted by Crippen LogP contribution is -2.46. The van der Waals surface area contributed by atoms with Crippen molar-refractivity contribution in [2.75, 3.05) is 13.2 Å². The minimum Gasteiger partial charge on any atom is -0.484 e. The van der Waals surface area contributed by atoms with Gasteiger partial charge in [0.15, 0.2) is 16.4 Å². The summed E-state index contributed by atoms with van der Waals surface area (Å²) in [5.74, 6) is -2.10. The number of rotatable bonds is 5. The summed E-state index contributed by atoms with van der Waals surface area (Å²) in [7, 11) is -4.17. The van der Waals surface area contributed by atoms with Gasteiger partial charge in [0.2, 0.25) is 5.91 Å². The lowest BCUT2D eigenvalue weighted by Gasteiger charge is -2.28. The third-order valence-corrected chi connectivity index (χ3v) is 7.11. The van der Waals surface area contributed by atoms with Gasteiger partial charge in [-0.2, -0.15) is 13.2 Å². The molecule has 0 saturated carbocycles. The first-order valence-electron chi connectivity index (χ1n) is 8.81. The van der Waals surface area contributed by atoms with Gasteiger partial charge in [-0.05, 0) is 18.6 Å². The van der Waals surface area contributed by atoms with Crippen LogP contribution in [0.25, 0.3) is 0 Å². The molecule has 1 heterocycles. The Labute approximate surface area is 176 Å². The summed E-state index contributed by atoms with van der Waals surface area (Å²) >= 11 is 5.98. The number of nitrogens with zero attached hydrogens (tertiary/aromatic N) is 1. The summed E-state index contributed by atoms with van der Waals surface area (Å²) in [6.07, 6.45) is -4.90. The van der Waals surface area contributed by atoms with Gasteiger partial charge < -0.3 is 14.7 Å². The molecule has 1 aliphatic rings. The smallest absolute Gasteiger partial charge is 0.422 e. The number of carboxylic acid groups (broad SMARTS) is 1. The average Bonchev–Trinajstić information content (AvgIpc) is 3.04. The molecule has 0 radical (unpaired) electrons. The molecule has 30 heavy (non-hydrogen) atoms. The molecule has 1 fully saturated rings. The Morgan fingerprint density at radius 1 is 1.27 bits per heavy atom. The first kappa shape index (κ1) is 24.3. The largest absolute Gasteiger partial charge is 0.484 e. The monoisotopic (exact) mass is 471 g/mol. The number of likely N-dealkylation sites (tertiary alicyclic amines) is 1. The first-order chi connectivity index (χ1) is 13.5. The zero-order valence-corrected chi connectivity index (χ0v) is 17.9. The zero-order chi connectivity index (χ0) is 23.1. The number of carbonyl (C=O) groups is 2. The molecule has 0 bridgehead atoms. The summed E-state index contributed by atoms with van der Waals surface area (Å²) in [6, 6.07) is 1.67. The Hall–Kier alpha value is -2.01. The molecule has 0 aliphatic carbocycles. The molecule has 1 N–H and O–H groups in total. The minimum absolute atomic E-state index is 0.268. The quantitative estimate of drug-likeness (QED) is 0.708. The number of ether oxygens (including phenoxy) is 1. The maximum Gasteiger partial charge on any atom is 0.422 e. The molecule has 168 valence electrons. The second kappa shape index (κ2) is 8.26. The van der Waals surface area contributed by atoms with Crippen LogP contribution >= 0.6 is 11.6 Å². The van der Waals surface area contributed by atoms with Crippen molar-refractivity contribution >= 4 is 33.3 Å². The lowest BCUT2D eigenvalue weighted by molar-refractivity contribution is -0.153. The Bertz CT molecular complexity index is 942. The van der Waals surface area contributed by atoms with Crippen LogP contribution in [0, 0.1) is 5.41 Å². The molecule has 1 aromatic rings. The van der Waals surface area contributed by atoms with E-state index < -0.39 is 51.2 Å². The highest BCUT2D eigenvalue weighted by atomic mass is 35.5. The van der Waals surface area contributed by atoms with Gasteiger partial charge in [0, 0.05) is 18.0 Å². The fourth-order valence-electron chi connectivity index (χ4n) is 3.06.